The number of pyridine rings is 2. The van der Waals surface area contributed by atoms with E-state index in [1.54, 1.807) is 26.5 Å². The number of nitrogens with zero attached hydrogens (tertiary/aromatic N) is 6. The van der Waals surface area contributed by atoms with E-state index in [2.05, 4.69) is 22.1 Å². The van der Waals surface area contributed by atoms with Crippen molar-refractivity contribution in [2.45, 2.75) is 89.3 Å². The number of hydrogen-bond donors (Lipinski definition) is 2. The summed E-state index contributed by atoms with van der Waals surface area (Å²) < 4.78 is 3.96. The molecule has 2 N–H and O–H groups in total. The standard InChI is InChI=1S/2C18H23N3O2/c2*1-12(22)20-7-2-3-14(10-20)18(23)17-15(13-4-5-13)6-8-21-11-19-9-16(17)21/h2*6,8-9,11,13-14,18,23H,2-5,7,10H2,1H3. The zero-order valence-corrected chi connectivity index (χ0v) is 27.0. The molecule has 2 aliphatic heterocycles. The normalized spacial score (nSPS) is 23.2. The molecule has 2 amide bonds. The van der Waals surface area contributed by atoms with E-state index in [0.29, 0.717) is 24.9 Å². The molecule has 0 bridgehead atoms. The van der Waals surface area contributed by atoms with Crippen molar-refractivity contribution in [3.05, 3.63) is 71.8 Å². The van der Waals surface area contributed by atoms with Crippen LogP contribution in [0.3, 0.4) is 0 Å². The molecule has 4 aromatic heterocycles. The number of likely N-dealkylation sites (tertiary alicyclic amines) is 2. The quantitative estimate of drug-likeness (QED) is 0.311. The van der Waals surface area contributed by atoms with Gasteiger partial charge in [0.2, 0.25) is 11.8 Å². The molecule has 8 rings (SSSR count). The molecule has 4 aliphatic rings. The van der Waals surface area contributed by atoms with Crippen LogP contribution >= 0.6 is 0 Å². The second-order valence-electron chi connectivity index (χ2n) is 13.9. The third-order valence-electron chi connectivity index (χ3n) is 10.7. The molecule has 2 saturated heterocycles. The van der Waals surface area contributed by atoms with Crippen LogP contribution in [-0.4, -0.2) is 76.8 Å². The number of imidazole rings is 2. The number of aliphatic hydroxyl groups excluding tert-OH is 2. The Labute approximate surface area is 270 Å². The van der Waals surface area contributed by atoms with Gasteiger partial charge in [0, 0.05) is 75.4 Å². The highest BCUT2D eigenvalue weighted by molar-refractivity contribution is 5.73. The number of aliphatic hydroxyl groups is 2. The van der Waals surface area contributed by atoms with Crippen molar-refractivity contribution in [3.63, 3.8) is 0 Å². The van der Waals surface area contributed by atoms with Gasteiger partial charge in [-0.3, -0.25) is 9.59 Å². The lowest BCUT2D eigenvalue weighted by Crippen LogP contribution is -2.40. The summed E-state index contributed by atoms with van der Waals surface area (Å²) in [5, 5.41) is 22.3. The molecule has 4 fully saturated rings. The zero-order valence-electron chi connectivity index (χ0n) is 27.0. The monoisotopic (exact) mass is 626 g/mol. The molecule has 2 aliphatic carbocycles. The predicted molar refractivity (Wildman–Crippen MR) is 174 cm³/mol. The average molecular weight is 627 g/mol. The van der Waals surface area contributed by atoms with E-state index in [1.807, 2.05) is 43.4 Å². The molecule has 244 valence electrons. The SMILES string of the molecule is CC(=O)N1CCCC(C(O)c2c(C3CC3)ccn3cncc23)C1.CC(=O)N1CCCC(C(O)c2c(C3CC3)ccn3cncc23)C1. The molecular weight excluding hydrogens is 580 g/mol. The number of amides is 2. The molecule has 0 radical (unpaired) electrons. The summed E-state index contributed by atoms with van der Waals surface area (Å²) in [6, 6.07) is 4.27. The average Bonchev–Trinajstić information content (AvgIpc) is 4.01. The molecule has 0 spiro atoms. The number of rotatable bonds is 6. The van der Waals surface area contributed by atoms with Crippen LogP contribution in [0.2, 0.25) is 0 Å². The minimum Gasteiger partial charge on any atom is -0.388 e. The van der Waals surface area contributed by atoms with Crippen molar-refractivity contribution < 1.29 is 19.8 Å². The molecule has 10 heteroatoms. The molecule has 2 saturated carbocycles. The van der Waals surface area contributed by atoms with Crippen LogP contribution in [-0.2, 0) is 9.59 Å². The number of piperidine rings is 2. The van der Waals surface area contributed by atoms with E-state index in [1.165, 1.54) is 36.8 Å². The van der Waals surface area contributed by atoms with Gasteiger partial charge in [-0.05, 0) is 86.5 Å². The van der Waals surface area contributed by atoms with E-state index < -0.39 is 12.2 Å². The Hall–Kier alpha value is -3.76. The van der Waals surface area contributed by atoms with Crippen molar-refractivity contribution in [2.24, 2.45) is 11.8 Å². The van der Waals surface area contributed by atoms with Crippen LogP contribution in [0, 0.1) is 11.8 Å². The molecule has 4 aromatic rings. The summed E-state index contributed by atoms with van der Waals surface area (Å²) in [4.78, 5) is 35.6. The summed E-state index contributed by atoms with van der Waals surface area (Å²) >= 11 is 0. The van der Waals surface area contributed by atoms with Crippen molar-refractivity contribution in [3.8, 4) is 0 Å². The number of fused-ring (bicyclic) bond motifs is 2. The van der Waals surface area contributed by atoms with Gasteiger partial charge in [0.15, 0.2) is 0 Å². The summed E-state index contributed by atoms with van der Waals surface area (Å²) in [5.41, 5.74) is 6.60. The van der Waals surface area contributed by atoms with Gasteiger partial charge in [-0.25, -0.2) is 9.97 Å². The molecular formula is C36H46N6O4. The summed E-state index contributed by atoms with van der Waals surface area (Å²) in [6.07, 6.45) is 18.9. The van der Waals surface area contributed by atoms with Gasteiger partial charge >= 0.3 is 0 Å². The fourth-order valence-electron chi connectivity index (χ4n) is 7.78. The second-order valence-corrected chi connectivity index (χ2v) is 13.9. The van der Waals surface area contributed by atoms with Gasteiger partial charge in [0.25, 0.3) is 0 Å². The minimum absolute atomic E-state index is 0.103. The zero-order chi connectivity index (χ0) is 31.9. The van der Waals surface area contributed by atoms with E-state index in [9.17, 15) is 19.8 Å². The van der Waals surface area contributed by atoms with Gasteiger partial charge in [0.05, 0.1) is 48.3 Å². The molecule has 6 heterocycles. The van der Waals surface area contributed by atoms with Crippen molar-refractivity contribution in [1.29, 1.82) is 0 Å². The lowest BCUT2D eigenvalue weighted by molar-refractivity contribution is -0.132. The maximum absolute atomic E-state index is 11.7. The topological polar surface area (TPSA) is 116 Å². The van der Waals surface area contributed by atoms with Crippen LogP contribution < -0.4 is 0 Å². The summed E-state index contributed by atoms with van der Waals surface area (Å²) in [6.45, 7) is 6.14. The first-order chi connectivity index (χ1) is 22.3. The highest BCUT2D eigenvalue weighted by Crippen LogP contribution is 2.47. The lowest BCUT2D eigenvalue weighted by Gasteiger charge is -2.35. The van der Waals surface area contributed by atoms with Crippen LogP contribution in [0.5, 0.6) is 0 Å². The number of carbonyl (C=O) groups excluding carboxylic acids is 2. The lowest BCUT2D eigenvalue weighted by atomic mass is 9.85. The second kappa shape index (κ2) is 12.8. The smallest absolute Gasteiger partial charge is 0.219 e. The Balaban J connectivity index is 0.000000147. The maximum Gasteiger partial charge on any atom is 0.219 e. The first kappa shape index (κ1) is 30.9. The third-order valence-corrected chi connectivity index (χ3v) is 10.7. The number of hydrogen-bond acceptors (Lipinski definition) is 6. The fourth-order valence-corrected chi connectivity index (χ4v) is 7.78. The maximum atomic E-state index is 11.7. The van der Waals surface area contributed by atoms with Crippen molar-refractivity contribution >= 4 is 22.8 Å². The van der Waals surface area contributed by atoms with Crippen LogP contribution in [0.25, 0.3) is 11.0 Å². The largest absolute Gasteiger partial charge is 0.388 e. The first-order valence-electron chi connectivity index (χ1n) is 17.1. The Morgan fingerprint density at radius 2 is 1.11 bits per heavy atom. The van der Waals surface area contributed by atoms with Gasteiger partial charge < -0.3 is 28.8 Å². The summed E-state index contributed by atoms with van der Waals surface area (Å²) in [7, 11) is 0. The molecule has 4 unspecified atom stereocenters. The van der Waals surface area contributed by atoms with Gasteiger partial charge in [-0.1, -0.05) is 0 Å². The molecule has 0 aromatic carbocycles. The minimum atomic E-state index is -0.534. The number of carbonyl (C=O) groups is 2. The van der Waals surface area contributed by atoms with Crippen LogP contribution in [0.15, 0.2) is 49.6 Å². The van der Waals surface area contributed by atoms with E-state index in [0.717, 1.165) is 60.9 Å². The molecule has 10 nitrogen and oxygen atoms in total. The van der Waals surface area contributed by atoms with Crippen LogP contribution in [0.4, 0.5) is 0 Å². The van der Waals surface area contributed by atoms with Crippen molar-refractivity contribution in [1.82, 2.24) is 28.6 Å². The van der Waals surface area contributed by atoms with Gasteiger partial charge in [-0.2, -0.15) is 0 Å². The Morgan fingerprint density at radius 1 is 0.696 bits per heavy atom. The van der Waals surface area contributed by atoms with Gasteiger partial charge in [-0.15, -0.1) is 0 Å². The molecule has 4 atom stereocenters. The highest BCUT2D eigenvalue weighted by Gasteiger charge is 2.36. The molecule has 46 heavy (non-hydrogen) atoms. The van der Waals surface area contributed by atoms with E-state index >= 15 is 0 Å². The highest BCUT2D eigenvalue weighted by atomic mass is 16.3. The van der Waals surface area contributed by atoms with Crippen molar-refractivity contribution in [2.75, 3.05) is 26.2 Å². The first-order valence-corrected chi connectivity index (χ1v) is 17.1. The van der Waals surface area contributed by atoms with Crippen LogP contribution in [0.1, 0.15) is 112 Å². The number of aromatic nitrogens is 4. The predicted octanol–water partition coefficient (Wildman–Crippen LogP) is 5.01. The van der Waals surface area contributed by atoms with E-state index in [4.69, 9.17) is 0 Å². The Morgan fingerprint density at radius 3 is 1.48 bits per heavy atom. The Kier molecular flexibility index (Phi) is 8.59. The van der Waals surface area contributed by atoms with Gasteiger partial charge in [0.1, 0.15) is 0 Å². The Bertz CT molecular complexity index is 1600. The summed E-state index contributed by atoms with van der Waals surface area (Å²) in [5.74, 6) is 1.57. The fraction of sp³-hybridized carbons (Fsp3) is 0.556. The third kappa shape index (κ3) is 6.17. The van der Waals surface area contributed by atoms with E-state index in [-0.39, 0.29) is 23.7 Å².